The van der Waals surface area contributed by atoms with Crippen LogP contribution in [0, 0.1) is 0 Å². The smallest absolute Gasteiger partial charge is 0.346 e. The number of carbonyl (C=O) groups is 2. The standard InChI is InChI=1S/C27H37N2O4/c1-3-5-7-12-20-32-26(30)25(27(31)33-21-13-8-6-4-2)24(23-14-10-9-11-15-23)22-29-18-16-28-17-19-29/h9-11,14-19H,3-8,12-13,20-22H2,1-2H3/q+1. The fourth-order valence-electron chi connectivity index (χ4n) is 3.45. The average molecular weight is 454 g/mol. The van der Waals surface area contributed by atoms with Crippen molar-refractivity contribution in [3.05, 3.63) is 66.3 Å². The van der Waals surface area contributed by atoms with Crippen molar-refractivity contribution in [1.82, 2.24) is 4.98 Å². The number of benzene rings is 1. The van der Waals surface area contributed by atoms with Gasteiger partial charge in [-0.05, 0) is 18.4 Å². The van der Waals surface area contributed by atoms with E-state index in [1.165, 1.54) is 0 Å². The average Bonchev–Trinajstić information content (AvgIpc) is 2.84. The molecule has 1 aromatic heterocycles. The molecule has 178 valence electrons. The summed E-state index contributed by atoms with van der Waals surface area (Å²) in [6.45, 7) is 5.16. The maximum Gasteiger partial charge on any atom is 0.346 e. The zero-order valence-corrected chi connectivity index (χ0v) is 20.0. The highest BCUT2D eigenvalue weighted by molar-refractivity contribution is 6.19. The van der Waals surface area contributed by atoms with Crippen molar-refractivity contribution in [2.24, 2.45) is 0 Å². The molecule has 6 nitrogen and oxygen atoms in total. The minimum absolute atomic E-state index is 0.0310. The summed E-state index contributed by atoms with van der Waals surface area (Å²) in [5, 5.41) is 0. The zero-order valence-electron chi connectivity index (χ0n) is 20.0. The van der Waals surface area contributed by atoms with Crippen LogP contribution in [0.4, 0.5) is 0 Å². The van der Waals surface area contributed by atoms with Gasteiger partial charge in [0.05, 0.1) is 25.6 Å². The van der Waals surface area contributed by atoms with Gasteiger partial charge in [0, 0.05) is 5.57 Å². The van der Waals surface area contributed by atoms with Gasteiger partial charge in [0.15, 0.2) is 24.5 Å². The maximum absolute atomic E-state index is 13.2. The van der Waals surface area contributed by atoms with Gasteiger partial charge in [-0.3, -0.25) is 4.98 Å². The molecule has 0 fully saturated rings. The molecular weight excluding hydrogens is 416 g/mol. The SMILES string of the molecule is CCCCCCOC(=O)C(C(=O)OCCCCCC)=C(C[n+]1ccncc1)c1ccccc1. The van der Waals surface area contributed by atoms with Crippen molar-refractivity contribution >= 4 is 17.5 Å². The second-order valence-corrected chi connectivity index (χ2v) is 8.03. The number of rotatable bonds is 15. The number of unbranched alkanes of at least 4 members (excludes halogenated alkanes) is 6. The van der Waals surface area contributed by atoms with E-state index in [2.05, 4.69) is 18.8 Å². The van der Waals surface area contributed by atoms with E-state index in [0.29, 0.717) is 12.1 Å². The van der Waals surface area contributed by atoms with Crippen molar-refractivity contribution in [2.45, 2.75) is 71.8 Å². The molecule has 33 heavy (non-hydrogen) atoms. The molecule has 0 saturated carbocycles. The molecule has 2 rings (SSSR count). The Balaban J connectivity index is 2.32. The predicted molar refractivity (Wildman–Crippen MR) is 128 cm³/mol. The molecule has 1 heterocycles. The molecule has 0 saturated heterocycles. The number of nitrogens with zero attached hydrogens (tertiary/aromatic N) is 2. The Kier molecular flexibility index (Phi) is 12.5. The second-order valence-electron chi connectivity index (χ2n) is 8.03. The molecule has 0 bridgehead atoms. The third kappa shape index (κ3) is 9.56. The van der Waals surface area contributed by atoms with E-state index in [1.54, 1.807) is 24.8 Å². The molecule has 0 amide bonds. The number of ether oxygens (including phenoxy) is 2. The highest BCUT2D eigenvalue weighted by Gasteiger charge is 2.29. The first-order valence-electron chi connectivity index (χ1n) is 12.1. The molecular formula is C27H37N2O4+. The Morgan fingerprint density at radius 2 is 1.33 bits per heavy atom. The number of hydrogen-bond donors (Lipinski definition) is 0. The number of hydrogen-bond acceptors (Lipinski definition) is 5. The fraction of sp³-hybridized carbons (Fsp3) is 0.481. The normalized spacial score (nSPS) is 10.5. The first-order valence-corrected chi connectivity index (χ1v) is 12.1. The maximum atomic E-state index is 13.2. The van der Waals surface area contributed by atoms with Crippen LogP contribution in [-0.2, 0) is 25.6 Å². The van der Waals surface area contributed by atoms with Gasteiger partial charge < -0.3 is 9.47 Å². The van der Waals surface area contributed by atoms with Crippen molar-refractivity contribution < 1.29 is 23.6 Å². The van der Waals surface area contributed by atoms with E-state index < -0.39 is 11.9 Å². The van der Waals surface area contributed by atoms with Crippen LogP contribution >= 0.6 is 0 Å². The Morgan fingerprint density at radius 1 is 0.788 bits per heavy atom. The number of allylic oxidation sites excluding steroid dienone is 1. The van der Waals surface area contributed by atoms with E-state index >= 15 is 0 Å². The van der Waals surface area contributed by atoms with E-state index in [-0.39, 0.29) is 18.8 Å². The highest BCUT2D eigenvalue weighted by atomic mass is 16.6. The first-order chi connectivity index (χ1) is 16.2. The molecule has 6 heteroatoms. The first kappa shape index (κ1) is 26.2. The summed E-state index contributed by atoms with van der Waals surface area (Å²) < 4.78 is 12.9. The quantitative estimate of drug-likeness (QED) is 0.0940. The topological polar surface area (TPSA) is 69.4 Å². The fourth-order valence-corrected chi connectivity index (χ4v) is 3.45. The Morgan fingerprint density at radius 3 is 1.85 bits per heavy atom. The van der Waals surface area contributed by atoms with Crippen LogP contribution in [0.15, 0.2) is 60.7 Å². The lowest BCUT2D eigenvalue weighted by Crippen LogP contribution is -2.35. The molecule has 0 unspecified atom stereocenters. The van der Waals surface area contributed by atoms with Crippen LogP contribution in [0.5, 0.6) is 0 Å². The third-order valence-electron chi connectivity index (χ3n) is 5.32. The summed E-state index contributed by atoms with van der Waals surface area (Å²) >= 11 is 0. The molecule has 2 aromatic rings. The van der Waals surface area contributed by atoms with Crippen LogP contribution in [0.25, 0.3) is 5.57 Å². The predicted octanol–water partition coefficient (Wildman–Crippen LogP) is 5.07. The molecule has 0 radical (unpaired) electrons. The van der Waals surface area contributed by atoms with Crippen molar-refractivity contribution in [3.8, 4) is 0 Å². The van der Waals surface area contributed by atoms with Crippen LogP contribution in [0.2, 0.25) is 0 Å². The lowest BCUT2D eigenvalue weighted by Gasteiger charge is -2.14. The lowest BCUT2D eigenvalue weighted by molar-refractivity contribution is -0.684. The summed E-state index contributed by atoms with van der Waals surface area (Å²) in [7, 11) is 0. The summed E-state index contributed by atoms with van der Waals surface area (Å²) in [4.78, 5) is 30.4. The van der Waals surface area contributed by atoms with Crippen LogP contribution in [-0.4, -0.2) is 30.1 Å². The summed E-state index contributed by atoms with van der Waals surface area (Å²) in [5.74, 6) is -1.25. The van der Waals surface area contributed by atoms with Crippen LogP contribution in [0.3, 0.4) is 0 Å². The number of carbonyl (C=O) groups excluding carboxylic acids is 2. The van der Waals surface area contributed by atoms with Gasteiger partial charge in [-0.1, -0.05) is 82.7 Å². The van der Waals surface area contributed by atoms with Gasteiger partial charge in [0.25, 0.3) is 0 Å². The molecule has 0 aliphatic rings. The minimum atomic E-state index is -0.626. The van der Waals surface area contributed by atoms with Crippen LogP contribution in [0.1, 0.15) is 70.8 Å². The number of aromatic nitrogens is 2. The van der Waals surface area contributed by atoms with Gasteiger partial charge in [0.1, 0.15) is 0 Å². The van der Waals surface area contributed by atoms with E-state index in [9.17, 15) is 9.59 Å². The highest BCUT2D eigenvalue weighted by Crippen LogP contribution is 2.22. The summed E-state index contributed by atoms with van der Waals surface area (Å²) in [5.41, 5.74) is 1.32. The molecule has 0 aliphatic heterocycles. The lowest BCUT2D eigenvalue weighted by atomic mass is 9.99. The van der Waals surface area contributed by atoms with Crippen molar-refractivity contribution in [3.63, 3.8) is 0 Å². The monoisotopic (exact) mass is 453 g/mol. The Bertz CT molecular complexity index is 838. The molecule has 0 spiro atoms. The Hall–Kier alpha value is -3.02. The number of esters is 2. The summed E-state index contributed by atoms with van der Waals surface area (Å²) in [6.07, 6.45) is 14.8. The zero-order chi connectivity index (χ0) is 23.7. The second kappa shape index (κ2) is 15.7. The third-order valence-corrected chi connectivity index (χ3v) is 5.32. The van der Waals surface area contributed by atoms with E-state index in [0.717, 1.165) is 56.9 Å². The summed E-state index contributed by atoms with van der Waals surface area (Å²) in [6, 6.07) is 9.45. The van der Waals surface area contributed by atoms with Crippen molar-refractivity contribution in [2.75, 3.05) is 13.2 Å². The van der Waals surface area contributed by atoms with Gasteiger partial charge in [0.2, 0.25) is 0 Å². The van der Waals surface area contributed by atoms with Gasteiger partial charge in [-0.25, -0.2) is 9.59 Å². The molecule has 0 aliphatic carbocycles. The van der Waals surface area contributed by atoms with E-state index in [4.69, 9.17) is 9.47 Å². The van der Waals surface area contributed by atoms with Gasteiger partial charge >= 0.3 is 11.9 Å². The van der Waals surface area contributed by atoms with Gasteiger partial charge in [-0.2, -0.15) is 4.57 Å². The molecule has 0 N–H and O–H groups in total. The molecule has 1 aromatic carbocycles. The van der Waals surface area contributed by atoms with E-state index in [1.807, 2.05) is 34.9 Å². The van der Waals surface area contributed by atoms with Gasteiger partial charge in [-0.15, -0.1) is 0 Å². The minimum Gasteiger partial charge on any atom is -0.462 e. The van der Waals surface area contributed by atoms with Crippen molar-refractivity contribution in [1.29, 1.82) is 0 Å². The van der Waals surface area contributed by atoms with Crippen LogP contribution < -0.4 is 4.57 Å². The largest absolute Gasteiger partial charge is 0.462 e. The molecule has 0 atom stereocenters. The Labute approximate surface area is 197 Å².